The van der Waals surface area contributed by atoms with Gasteiger partial charge in [0, 0.05) is 0 Å². The van der Waals surface area contributed by atoms with Crippen molar-refractivity contribution in [3.8, 4) is 0 Å². The average molecular weight is 276 g/mol. The Balaban J connectivity index is 0. The van der Waals surface area contributed by atoms with Crippen molar-refractivity contribution < 1.29 is 17.1 Å². The molecule has 100 valence electrons. The first-order valence-electron chi connectivity index (χ1n) is 5.69. The molecule has 0 radical (unpaired) electrons. The van der Waals surface area contributed by atoms with Gasteiger partial charge in [0.2, 0.25) is 0 Å². The van der Waals surface area contributed by atoms with Crippen LogP contribution in [-0.4, -0.2) is 43.0 Å². The van der Waals surface area contributed by atoms with Gasteiger partial charge in [0.1, 0.15) is 0 Å². The summed E-state index contributed by atoms with van der Waals surface area (Å²) >= 11 is 0. The van der Waals surface area contributed by atoms with Crippen LogP contribution in [0.4, 0.5) is 0 Å². The fourth-order valence-corrected chi connectivity index (χ4v) is 1.41. The Hall–Kier alpha value is -0.0505. The van der Waals surface area contributed by atoms with E-state index < -0.39 is 0 Å². The van der Waals surface area contributed by atoms with Gasteiger partial charge in [0.05, 0.1) is 0 Å². The summed E-state index contributed by atoms with van der Waals surface area (Å²) in [7, 11) is 4.14. The Morgan fingerprint density at radius 3 is 2.12 bits per heavy atom. The molecule has 0 amide bonds. The summed E-state index contributed by atoms with van der Waals surface area (Å²) < 4.78 is 0. The van der Waals surface area contributed by atoms with Gasteiger partial charge in [0.25, 0.3) is 0 Å². The summed E-state index contributed by atoms with van der Waals surface area (Å²) in [6, 6.07) is 0.320. The number of rotatable bonds is 4. The Labute approximate surface area is 112 Å². The second-order valence-electron chi connectivity index (χ2n) is 5.29. The maximum absolute atomic E-state index is 4.63. The zero-order chi connectivity index (χ0) is 12.1. The maximum atomic E-state index is 4.63. The summed E-state index contributed by atoms with van der Waals surface area (Å²) in [5.74, 6) is 0.983. The Kier molecular flexibility index (Phi) is 9.27. The molecule has 0 aromatic heterocycles. The zero-order valence-corrected chi connectivity index (χ0v) is 12.6. The molecule has 0 saturated carbocycles. The van der Waals surface area contributed by atoms with Crippen LogP contribution in [0.5, 0.6) is 0 Å². The standard InChI is InChI=1S/C12H26N3.Cu/c1-8-11(14-12(3,4)5)13-10(2)9-15(6)7;/h10H,8-9H2,1-7H3;/q-1;+1. The first-order valence-corrected chi connectivity index (χ1v) is 5.69. The van der Waals surface area contributed by atoms with Crippen molar-refractivity contribution in [1.29, 1.82) is 0 Å². The number of aliphatic imine (C=N–C) groups is 1. The molecular weight excluding hydrogens is 250 g/mol. The quantitative estimate of drug-likeness (QED) is 0.441. The van der Waals surface area contributed by atoms with Gasteiger partial charge in [-0.3, -0.25) is 0 Å². The van der Waals surface area contributed by atoms with Crippen LogP contribution in [0.1, 0.15) is 41.0 Å². The van der Waals surface area contributed by atoms with E-state index in [0.717, 1.165) is 18.8 Å². The molecule has 1 atom stereocenters. The van der Waals surface area contributed by atoms with Crippen molar-refractivity contribution >= 4 is 5.84 Å². The molecule has 0 bridgehead atoms. The molecule has 16 heavy (non-hydrogen) atoms. The molecular formula is C12H26CuN3. The van der Waals surface area contributed by atoms with E-state index in [-0.39, 0.29) is 22.6 Å². The average Bonchev–Trinajstić information content (AvgIpc) is 1.98. The van der Waals surface area contributed by atoms with Crippen LogP contribution in [0.25, 0.3) is 5.32 Å². The molecule has 0 rings (SSSR count). The third-order valence-corrected chi connectivity index (χ3v) is 1.78. The summed E-state index contributed by atoms with van der Waals surface area (Å²) in [6.45, 7) is 11.5. The number of nitrogens with zero attached hydrogens (tertiary/aromatic N) is 3. The second kappa shape index (κ2) is 8.10. The molecule has 0 aromatic rings. The zero-order valence-electron chi connectivity index (χ0n) is 11.6. The predicted octanol–water partition coefficient (Wildman–Crippen LogP) is 2.91. The third kappa shape index (κ3) is 10.5. The fourth-order valence-electron chi connectivity index (χ4n) is 1.41. The smallest absolute Gasteiger partial charge is 0.465 e. The molecule has 0 aliphatic rings. The third-order valence-electron chi connectivity index (χ3n) is 1.78. The van der Waals surface area contributed by atoms with E-state index in [1.807, 2.05) is 0 Å². The molecule has 0 aliphatic heterocycles. The van der Waals surface area contributed by atoms with Crippen LogP contribution in [0.15, 0.2) is 4.99 Å². The van der Waals surface area contributed by atoms with E-state index in [0.29, 0.717) is 6.04 Å². The van der Waals surface area contributed by atoms with Crippen LogP contribution in [0.2, 0.25) is 0 Å². The van der Waals surface area contributed by atoms with Gasteiger partial charge in [-0.1, -0.05) is 40.5 Å². The number of likely N-dealkylation sites (N-methyl/N-ethyl adjacent to an activating group) is 1. The SMILES string of the molecule is CCC(=NC(C)(C)C)[N-]C(C)CN(C)C.[Cu+]. The summed E-state index contributed by atoms with van der Waals surface area (Å²) in [6.07, 6.45) is 0.912. The molecule has 0 spiro atoms. The fraction of sp³-hybridized carbons (Fsp3) is 0.917. The van der Waals surface area contributed by atoms with E-state index in [2.05, 4.69) is 63.9 Å². The minimum absolute atomic E-state index is 0. The predicted molar refractivity (Wildman–Crippen MR) is 68.9 cm³/mol. The number of hydrogen-bond acceptors (Lipinski definition) is 2. The normalized spacial score (nSPS) is 14.6. The van der Waals surface area contributed by atoms with Crippen molar-refractivity contribution in [2.45, 2.75) is 52.6 Å². The van der Waals surface area contributed by atoms with Crippen LogP contribution < -0.4 is 0 Å². The van der Waals surface area contributed by atoms with Gasteiger partial charge >= 0.3 is 17.1 Å². The van der Waals surface area contributed by atoms with E-state index in [1.165, 1.54) is 0 Å². The molecule has 0 aromatic carbocycles. The molecule has 0 N–H and O–H groups in total. The Morgan fingerprint density at radius 2 is 1.81 bits per heavy atom. The van der Waals surface area contributed by atoms with Crippen molar-refractivity contribution in [2.24, 2.45) is 4.99 Å². The van der Waals surface area contributed by atoms with Crippen LogP contribution >= 0.6 is 0 Å². The summed E-state index contributed by atoms with van der Waals surface area (Å²) in [5.41, 5.74) is -0.0212. The van der Waals surface area contributed by atoms with Crippen molar-refractivity contribution in [2.75, 3.05) is 20.6 Å². The number of hydrogen-bond donors (Lipinski definition) is 0. The van der Waals surface area contributed by atoms with Gasteiger partial charge < -0.3 is 15.2 Å². The topological polar surface area (TPSA) is 29.7 Å². The Bertz CT molecular complexity index is 207. The largest absolute Gasteiger partial charge is 1.00 e. The first kappa shape index (κ1) is 18.3. The summed E-state index contributed by atoms with van der Waals surface area (Å²) in [4.78, 5) is 6.76. The van der Waals surface area contributed by atoms with Gasteiger partial charge in [-0.25, -0.2) is 0 Å². The van der Waals surface area contributed by atoms with Crippen molar-refractivity contribution in [1.82, 2.24) is 4.90 Å². The first-order chi connectivity index (χ1) is 6.74. The molecule has 0 fully saturated rings. The van der Waals surface area contributed by atoms with E-state index in [4.69, 9.17) is 0 Å². The Morgan fingerprint density at radius 1 is 1.31 bits per heavy atom. The molecule has 3 nitrogen and oxygen atoms in total. The van der Waals surface area contributed by atoms with Gasteiger partial charge in [-0.2, -0.15) is 0 Å². The van der Waals surface area contributed by atoms with E-state index >= 15 is 0 Å². The minimum atomic E-state index is -0.0212. The minimum Gasteiger partial charge on any atom is -0.465 e. The van der Waals surface area contributed by atoms with E-state index in [9.17, 15) is 0 Å². The summed E-state index contributed by atoms with van der Waals surface area (Å²) in [5, 5.41) is 4.63. The monoisotopic (exact) mass is 275 g/mol. The number of amidine groups is 1. The molecule has 0 heterocycles. The molecule has 4 heteroatoms. The van der Waals surface area contributed by atoms with Crippen LogP contribution in [0, 0.1) is 0 Å². The molecule has 0 aliphatic carbocycles. The maximum Gasteiger partial charge on any atom is 1.00 e. The van der Waals surface area contributed by atoms with Crippen molar-refractivity contribution in [3.05, 3.63) is 5.32 Å². The van der Waals surface area contributed by atoms with Crippen LogP contribution in [-0.2, 0) is 17.1 Å². The molecule has 1 unspecified atom stereocenters. The van der Waals surface area contributed by atoms with Crippen LogP contribution in [0.3, 0.4) is 0 Å². The van der Waals surface area contributed by atoms with Gasteiger partial charge in [-0.05, 0) is 38.6 Å². The molecule has 0 saturated heterocycles. The van der Waals surface area contributed by atoms with Gasteiger partial charge in [-0.15, -0.1) is 0 Å². The van der Waals surface area contributed by atoms with E-state index in [1.54, 1.807) is 0 Å². The van der Waals surface area contributed by atoms with Gasteiger partial charge in [0.15, 0.2) is 0 Å². The second-order valence-corrected chi connectivity index (χ2v) is 5.29. The van der Waals surface area contributed by atoms with Crippen molar-refractivity contribution in [3.63, 3.8) is 0 Å².